The van der Waals surface area contributed by atoms with Crippen molar-refractivity contribution in [2.75, 3.05) is 0 Å². The predicted molar refractivity (Wildman–Crippen MR) is 97.0 cm³/mol. The maximum absolute atomic E-state index is 12.6. The second-order valence-electron chi connectivity index (χ2n) is 5.55. The Morgan fingerprint density at radius 3 is 2.96 bits per heavy atom. The van der Waals surface area contributed by atoms with E-state index in [0.29, 0.717) is 13.1 Å². The standard InChI is InChI=1S/C19H20N2OS/c1-3-4-9-21-16-8-10-23-18(16)12-17(21)19(22)20-13-15-7-5-6-14(2)11-15/h3-8,10-12H,9,13H2,1-2H3,(H,20,22)/b4-3+. The average molecular weight is 324 g/mol. The molecule has 0 unspecified atom stereocenters. The third-order valence-corrected chi connectivity index (χ3v) is 4.67. The second-order valence-corrected chi connectivity index (χ2v) is 6.50. The minimum absolute atomic E-state index is 0.0283. The molecule has 1 N–H and O–H groups in total. The van der Waals surface area contributed by atoms with Crippen molar-refractivity contribution in [3.63, 3.8) is 0 Å². The molecule has 3 rings (SSSR count). The average Bonchev–Trinajstić information content (AvgIpc) is 3.12. The number of fused-ring (bicyclic) bond motifs is 1. The summed E-state index contributed by atoms with van der Waals surface area (Å²) in [7, 11) is 0. The van der Waals surface area contributed by atoms with Crippen LogP contribution in [-0.4, -0.2) is 10.5 Å². The van der Waals surface area contributed by atoms with Crippen LogP contribution < -0.4 is 5.32 Å². The van der Waals surface area contributed by atoms with Gasteiger partial charge in [-0.3, -0.25) is 4.79 Å². The summed E-state index contributed by atoms with van der Waals surface area (Å²) in [5, 5.41) is 5.09. The van der Waals surface area contributed by atoms with Crippen LogP contribution in [0, 0.1) is 6.92 Å². The lowest BCUT2D eigenvalue weighted by Crippen LogP contribution is -2.25. The van der Waals surface area contributed by atoms with Gasteiger partial charge in [-0.2, -0.15) is 0 Å². The Labute approximate surface area is 140 Å². The van der Waals surface area contributed by atoms with E-state index in [4.69, 9.17) is 0 Å². The number of nitrogens with zero attached hydrogens (tertiary/aromatic N) is 1. The summed E-state index contributed by atoms with van der Waals surface area (Å²) < 4.78 is 3.22. The molecule has 0 fully saturated rings. The lowest BCUT2D eigenvalue weighted by Gasteiger charge is -2.09. The van der Waals surface area contributed by atoms with Gasteiger partial charge in [-0.05, 0) is 36.9 Å². The molecule has 2 aromatic heterocycles. The third-order valence-electron chi connectivity index (χ3n) is 3.81. The normalized spacial score (nSPS) is 11.4. The molecule has 0 saturated carbocycles. The topological polar surface area (TPSA) is 34.0 Å². The number of hydrogen-bond donors (Lipinski definition) is 1. The quantitative estimate of drug-likeness (QED) is 0.688. The molecule has 0 atom stereocenters. The molecular weight excluding hydrogens is 304 g/mol. The van der Waals surface area contributed by atoms with Gasteiger partial charge in [0, 0.05) is 13.1 Å². The van der Waals surface area contributed by atoms with Gasteiger partial charge in [-0.15, -0.1) is 11.3 Å². The summed E-state index contributed by atoms with van der Waals surface area (Å²) in [6.07, 6.45) is 4.07. The summed E-state index contributed by atoms with van der Waals surface area (Å²) in [5.74, 6) is -0.0283. The number of carbonyl (C=O) groups is 1. The van der Waals surface area contributed by atoms with Gasteiger partial charge in [-0.25, -0.2) is 0 Å². The minimum atomic E-state index is -0.0283. The number of benzene rings is 1. The maximum Gasteiger partial charge on any atom is 0.268 e. The van der Waals surface area contributed by atoms with E-state index in [1.807, 2.05) is 31.2 Å². The van der Waals surface area contributed by atoms with E-state index in [2.05, 4.69) is 46.5 Å². The predicted octanol–water partition coefficient (Wildman–Crippen LogP) is 4.52. The first kappa shape index (κ1) is 15.6. The van der Waals surface area contributed by atoms with Crippen molar-refractivity contribution in [2.45, 2.75) is 26.9 Å². The number of aryl methyl sites for hydroxylation is 1. The number of nitrogens with one attached hydrogen (secondary N) is 1. The summed E-state index contributed by atoms with van der Waals surface area (Å²) in [6.45, 7) is 5.31. The zero-order valence-corrected chi connectivity index (χ0v) is 14.2. The molecule has 0 saturated heterocycles. The number of aromatic nitrogens is 1. The zero-order chi connectivity index (χ0) is 16.2. The summed E-state index contributed by atoms with van der Waals surface area (Å²) in [5.41, 5.74) is 4.16. The van der Waals surface area contributed by atoms with Crippen LogP contribution in [0.15, 0.2) is 53.9 Å². The van der Waals surface area contributed by atoms with Crippen LogP contribution in [0.25, 0.3) is 10.2 Å². The lowest BCUT2D eigenvalue weighted by atomic mass is 10.1. The highest BCUT2D eigenvalue weighted by molar-refractivity contribution is 7.17. The molecule has 0 aliphatic heterocycles. The number of amides is 1. The van der Waals surface area contributed by atoms with Crippen molar-refractivity contribution >= 4 is 27.5 Å². The molecule has 2 heterocycles. The molecule has 0 aliphatic carbocycles. The van der Waals surface area contributed by atoms with E-state index in [1.165, 1.54) is 5.56 Å². The molecular formula is C19H20N2OS. The lowest BCUT2D eigenvalue weighted by molar-refractivity contribution is 0.0942. The van der Waals surface area contributed by atoms with Gasteiger partial charge < -0.3 is 9.88 Å². The van der Waals surface area contributed by atoms with Crippen molar-refractivity contribution in [2.24, 2.45) is 0 Å². The SMILES string of the molecule is C/C=C/Cn1c(C(=O)NCc2cccc(C)c2)cc2sccc21. The van der Waals surface area contributed by atoms with E-state index >= 15 is 0 Å². The zero-order valence-electron chi connectivity index (χ0n) is 13.4. The molecule has 3 aromatic rings. The first-order valence-electron chi connectivity index (χ1n) is 7.70. The van der Waals surface area contributed by atoms with E-state index in [0.717, 1.165) is 21.5 Å². The molecule has 4 heteroatoms. The molecule has 118 valence electrons. The van der Waals surface area contributed by atoms with Gasteiger partial charge in [-0.1, -0.05) is 42.0 Å². The van der Waals surface area contributed by atoms with Crippen molar-refractivity contribution < 1.29 is 4.79 Å². The van der Waals surface area contributed by atoms with E-state index < -0.39 is 0 Å². The Hall–Kier alpha value is -2.33. The minimum Gasteiger partial charge on any atom is -0.347 e. The fourth-order valence-electron chi connectivity index (χ4n) is 2.67. The number of allylic oxidation sites excluding steroid dienone is 2. The van der Waals surface area contributed by atoms with E-state index in [9.17, 15) is 4.79 Å². The number of carbonyl (C=O) groups excluding carboxylic acids is 1. The monoisotopic (exact) mass is 324 g/mol. The van der Waals surface area contributed by atoms with E-state index in [-0.39, 0.29) is 5.91 Å². The maximum atomic E-state index is 12.6. The molecule has 0 radical (unpaired) electrons. The van der Waals surface area contributed by atoms with Gasteiger partial charge in [0.15, 0.2) is 0 Å². The first-order valence-corrected chi connectivity index (χ1v) is 8.58. The highest BCUT2D eigenvalue weighted by atomic mass is 32.1. The van der Waals surface area contributed by atoms with Crippen LogP contribution in [0.5, 0.6) is 0 Å². The molecule has 0 aliphatic rings. The van der Waals surface area contributed by atoms with Gasteiger partial charge in [0.05, 0.1) is 10.2 Å². The highest BCUT2D eigenvalue weighted by Crippen LogP contribution is 2.25. The van der Waals surface area contributed by atoms with Gasteiger partial charge in [0.25, 0.3) is 5.91 Å². The van der Waals surface area contributed by atoms with Crippen molar-refractivity contribution in [1.29, 1.82) is 0 Å². The Balaban J connectivity index is 1.81. The largest absolute Gasteiger partial charge is 0.347 e. The molecule has 3 nitrogen and oxygen atoms in total. The fourth-order valence-corrected chi connectivity index (χ4v) is 3.49. The third kappa shape index (κ3) is 3.37. The van der Waals surface area contributed by atoms with Crippen LogP contribution in [0.2, 0.25) is 0 Å². The first-order chi connectivity index (χ1) is 11.2. The number of thiophene rings is 1. The molecule has 0 bridgehead atoms. The Kier molecular flexibility index (Phi) is 4.63. The van der Waals surface area contributed by atoms with Crippen LogP contribution in [0.3, 0.4) is 0 Å². The van der Waals surface area contributed by atoms with Crippen LogP contribution in [-0.2, 0) is 13.1 Å². The number of hydrogen-bond acceptors (Lipinski definition) is 2. The summed E-state index contributed by atoms with van der Waals surface area (Å²) >= 11 is 1.66. The summed E-state index contributed by atoms with van der Waals surface area (Å²) in [6, 6.07) is 12.3. The highest BCUT2D eigenvalue weighted by Gasteiger charge is 2.15. The van der Waals surface area contributed by atoms with Crippen LogP contribution >= 0.6 is 11.3 Å². The molecule has 0 spiro atoms. The molecule has 1 aromatic carbocycles. The van der Waals surface area contributed by atoms with Crippen molar-refractivity contribution in [3.8, 4) is 0 Å². The Morgan fingerprint density at radius 2 is 2.17 bits per heavy atom. The summed E-state index contributed by atoms with van der Waals surface area (Å²) in [4.78, 5) is 12.6. The second kappa shape index (κ2) is 6.84. The van der Waals surface area contributed by atoms with E-state index in [1.54, 1.807) is 11.3 Å². The van der Waals surface area contributed by atoms with Gasteiger partial charge in [0.2, 0.25) is 0 Å². The Morgan fingerprint density at radius 1 is 1.30 bits per heavy atom. The van der Waals surface area contributed by atoms with Crippen LogP contribution in [0.1, 0.15) is 28.5 Å². The molecule has 23 heavy (non-hydrogen) atoms. The van der Waals surface area contributed by atoms with Gasteiger partial charge >= 0.3 is 0 Å². The van der Waals surface area contributed by atoms with Crippen LogP contribution in [0.4, 0.5) is 0 Å². The molecule has 1 amide bonds. The fraction of sp³-hybridized carbons (Fsp3) is 0.211. The van der Waals surface area contributed by atoms with Crippen molar-refractivity contribution in [3.05, 3.63) is 70.8 Å². The van der Waals surface area contributed by atoms with Gasteiger partial charge in [0.1, 0.15) is 5.69 Å². The van der Waals surface area contributed by atoms with Crippen molar-refractivity contribution in [1.82, 2.24) is 9.88 Å². The smallest absolute Gasteiger partial charge is 0.268 e. The Bertz CT molecular complexity index is 857. The number of rotatable bonds is 5.